The maximum atomic E-state index is 11.9. The largest absolute Gasteiger partial charge is 0.395 e. The number of hydrogen-bond donors (Lipinski definition) is 2. The smallest absolute Gasteiger partial charge is 0.223 e. The number of aliphatic hydroxyl groups excluding tert-OH is 2. The van der Waals surface area contributed by atoms with Gasteiger partial charge in [0.1, 0.15) is 0 Å². The molecule has 1 aromatic carbocycles. The van der Waals surface area contributed by atoms with E-state index in [0.29, 0.717) is 12.2 Å². The summed E-state index contributed by atoms with van der Waals surface area (Å²) in [5, 5.41) is 17.7. The number of amides is 1. The molecule has 0 aromatic heterocycles. The third-order valence-electron chi connectivity index (χ3n) is 2.70. The van der Waals surface area contributed by atoms with Crippen molar-refractivity contribution in [3.63, 3.8) is 0 Å². The number of aryl methyl sites for hydroxylation is 1. The van der Waals surface area contributed by atoms with Crippen molar-refractivity contribution in [2.45, 2.75) is 18.2 Å². The van der Waals surface area contributed by atoms with Gasteiger partial charge in [0.15, 0.2) is 0 Å². The number of carbonyl (C=O) groups is 1. The maximum Gasteiger partial charge on any atom is 0.223 e. The van der Waals surface area contributed by atoms with Crippen LogP contribution >= 0.6 is 11.8 Å². The van der Waals surface area contributed by atoms with Crippen molar-refractivity contribution in [2.24, 2.45) is 0 Å². The van der Waals surface area contributed by atoms with Gasteiger partial charge in [-0.3, -0.25) is 4.79 Å². The lowest BCUT2D eigenvalue weighted by molar-refractivity contribution is -0.131. The van der Waals surface area contributed by atoms with Crippen LogP contribution in [0.4, 0.5) is 0 Å². The van der Waals surface area contributed by atoms with Gasteiger partial charge >= 0.3 is 0 Å². The van der Waals surface area contributed by atoms with Crippen LogP contribution in [0.5, 0.6) is 0 Å². The third-order valence-corrected chi connectivity index (χ3v) is 3.71. The molecule has 0 aliphatic rings. The molecule has 0 bridgehead atoms. The molecule has 0 saturated carbocycles. The Hall–Kier alpha value is -1.04. The van der Waals surface area contributed by atoms with Gasteiger partial charge < -0.3 is 15.1 Å². The fourth-order valence-electron chi connectivity index (χ4n) is 1.65. The van der Waals surface area contributed by atoms with E-state index >= 15 is 0 Å². The molecular weight excluding hydrogens is 262 g/mol. The highest BCUT2D eigenvalue weighted by Crippen LogP contribution is 2.19. The summed E-state index contributed by atoms with van der Waals surface area (Å²) in [5.74, 6) is 0.678. The monoisotopic (exact) mass is 283 g/mol. The number of hydrogen-bond acceptors (Lipinski definition) is 4. The Balaban J connectivity index is 2.34. The van der Waals surface area contributed by atoms with Crippen LogP contribution in [0.1, 0.15) is 12.0 Å². The summed E-state index contributed by atoms with van der Waals surface area (Å²) in [5.41, 5.74) is 1.22. The Morgan fingerprint density at radius 3 is 2.26 bits per heavy atom. The van der Waals surface area contributed by atoms with E-state index in [2.05, 4.69) is 0 Å². The molecule has 0 spiro atoms. The highest BCUT2D eigenvalue weighted by molar-refractivity contribution is 7.99. The van der Waals surface area contributed by atoms with Crippen molar-refractivity contribution >= 4 is 17.7 Å². The summed E-state index contributed by atoms with van der Waals surface area (Å²) in [6.45, 7) is 2.47. The summed E-state index contributed by atoms with van der Waals surface area (Å²) >= 11 is 1.64. The van der Waals surface area contributed by atoms with E-state index in [1.54, 1.807) is 11.8 Å². The molecule has 1 aromatic rings. The fourth-order valence-corrected chi connectivity index (χ4v) is 2.49. The number of thioether (sulfide) groups is 1. The second-order valence-electron chi connectivity index (χ2n) is 4.24. The molecule has 2 N–H and O–H groups in total. The molecule has 0 unspecified atom stereocenters. The van der Waals surface area contributed by atoms with E-state index in [1.807, 2.05) is 31.2 Å². The molecule has 0 atom stereocenters. The first-order valence-corrected chi connectivity index (χ1v) is 7.35. The Bertz CT molecular complexity index is 375. The van der Waals surface area contributed by atoms with Crippen molar-refractivity contribution in [2.75, 3.05) is 32.1 Å². The Labute approximate surface area is 118 Å². The van der Waals surface area contributed by atoms with E-state index in [1.165, 1.54) is 10.5 Å². The first kappa shape index (κ1) is 16.0. The van der Waals surface area contributed by atoms with Crippen LogP contribution in [-0.2, 0) is 4.79 Å². The molecule has 19 heavy (non-hydrogen) atoms. The van der Waals surface area contributed by atoms with Crippen LogP contribution in [0, 0.1) is 6.92 Å². The molecule has 106 valence electrons. The molecule has 4 nitrogen and oxygen atoms in total. The highest BCUT2D eigenvalue weighted by Gasteiger charge is 2.11. The van der Waals surface area contributed by atoms with Crippen LogP contribution in [0.2, 0.25) is 0 Å². The van der Waals surface area contributed by atoms with Crippen molar-refractivity contribution in [3.8, 4) is 0 Å². The summed E-state index contributed by atoms with van der Waals surface area (Å²) in [4.78, 5) is 14.5. The van der Waals surface area contributed by atoms with Gasteiger partial charge in [-0.2, -0.15) is 0 Å². The number of benzene rings is 1. The first-order chi connectivity index (χ1) is 9.17. The molecule has 0 aliphatic heterocycles. The predicted octanol–water partition coefficient (Wildman–Crippen LogP) is 1.29. The number of aliphatic hydroxyl groups is 2. The minimum Gasteiger partial charge on any atom is -0.395 e. The van der Waals surface area contributed by atoms with E-state index in [-0.39, 0.29) is 32.2 Å². The molecule has 0 heterocycles. The lowest BCUT2D eigenvalue weighted by atomic mass is 10.2. The van der Waals surface area contributed by atoms with Crippen molar-refractivity contribution < 1.29 is 15.0 Å². The molecule has 0 saturated heterocycles. The predicted molar refractivity (Wildman–Crippen MR) is 77.3 cm³/mol. The van der Waals surface area contributed by atoms with Crippen LogP contribution in [0.15, 0.2) is 29.2 Å². The second kappa shape index (κ2) is 8.96. The van der Waals surface area contributed by atoms with Crippen molar-refractivity contribution in [1.82, 2.24) is 4.90 Å². The average Bonchev–Trinajstić information content (AvgIpc) is 2.40. The van der Waals surface area contributed by atoms with Gasteiger partial charge in [-0.1, -0.05) is 17.7 Å². The summed E-state index contributed by atoms with van der Waals surface area (Å²) in [7, 11) is 0. The molecular formula is C14H21NO3S. The molecule has 0 fully saturated rings. The van der Waals surface area contributed by atoms with Gasteiger partial charge in [0.25, 0.3) is 0 Å². The minimum absolute atomic E-state index is 0.0253. The third kappa shape index (κ3) is 6.09. The van der Waals surface area contributed by atoms with E-state index in [4.69, 9.17) is 10.2 Å². The molecule has 0 radical (unpaired) electrons. The zero-order chi connectivity index (χ0) is 14.1. The average molecular weight is 283 g/mol. The van der Waals surface area contributed by atoms with Gasteiger partial charge in [-0.05, 0) is 19.1 Å². The number of nitrogens with zero attached hydrogens (tertiary/aromatic N) is 1. The van der Waals surface area contributed by atoms with Crippen LogP contribution in [0.3, 0.4) is 0 Å². The van der Waals surface area contributed by atoms with Crippen molar-refractivity contribution in [1.29, 1.82) is 0 Å². The van der Waals surface area contributed by atoms with E-state index in [0.717, 1.165) is 4.90 Å². The molecule has 0 aliphatic carbocycles. The molecule has 1 amide bonds. The van der Waals surface area contributed by atoms with Gasteiger partial charge in [0, 0.05) is 30.2 Å². The molecule has 1 rings (SSSR count). The normalized spacial score (nSPS) is 10.5. The molecule has 5 heteroatoms. The Morgan fingerprint density at radius 1 is 1.16 bits per heavy atom. The topological polar surface area (TPSA) is 60.8 Å². The summed E-state index contributed by atoms with van der Waals surface area (Å²) in [6.07, 6.45) is 0.415. The second-order valence-corrected chi connectivity index (χ2v) is 5.41. The number of rotatable bonds is 8. The maximum absolute atomic E-state index is 11.9. The van der Waals surface area contributed by atoms with Crippen LogP contribution < -0.4 is 0 Å². The van der Waals surface area contributed by atoms with Gasteiger partial charge in [-0.15, -0.1) is 11.8 Å². The van der Waals surface area contributed by atoms with Crippen LogP contribution in [0.25, 0.3) is 0 Å². The lowest BCUT2D eigenvalue weighted by Gasteiger charge is -2.20. The summed E-state index contributed by atoms with van der Waals surface area (Å²) in [6, 6.07) is 8.19. The number of carbonyl (C=O) groups excluding carboxylic acids is 1. The van der Waals surface area contributed by atoms with E-state index < -0.39 is 0 Å². The van der Waals surface area contributed by atoms with Crippen molar-refractivity contribution in [3.05, 3.63) is 29.8 Å². The first-order valence-electron chi connectivity index (χ1n) is 6.36. The SMILES string of the molecule is Cc1ccc(SCCC(=O)N(CCO)CCO)cc1. The van der Waals surface area contributed by atoms with Gasteiger partial charge in [0.05, 0.1) is 13.2 Å². The highest BCUT2D eigenvalue weighted by atomic mass is 32.2. The minimum atomic E-state index is -0.0726. The standard InChI is InChI=1S/C14H21NO3S/c1-12-2-4-13(5-3-12)19-11-6-14(18)15(7-9-16)8-10-17/h2-5,16-17H,6-11H2,1H3. The lowest BCUT2D eigenvalue weighted by Crippen LogP contribution is -2.36. The zero-order valence-electron chi connectivity index (χ0n) is 11.2. The summed E-state index contributed by atoms with van der Waals surface area (Å²) < 4.78 is 0. The van der Waals surface area contributed by atoms with Gasteiger partial charge in [-0.25, -0.2) is 0 Å². The van der Waals surface area contributed by atoms with Crippen LogP contribution in [-0.4, -0.2) is 53.1 Å². The Kier molecular flexibility index (Phi) is 7.55. The van der Waals surface area contributed by atoms with Gasteiger partial charge in [0.2, 0.25) is 5.91 Å². The zero-order valence-corrected chi connectivity index (χ0v) is 12.0. The quantitative estimate of drug-likeness (QED) is 0.706. The van der Waals surface area contributed by atoms with E-state index in [9.17, 15) is 4.79 Å². The Morgan fingerprint density at radius 2 is 1.74 bits per heavy atom. The fraction of sp³-hybridized carbons (Fsp3) is 0.500.